The molecule has 0 unspecified atom stereocenters. The van der Waals surface area contributed by atoms with E-state index in [0.29, 0.717) is 0 Å². The van der Waals surface area contributed by atoms with Crippen molar-refractivity contribution in [1.82, 2.24) is 0 Å². The minimum absolute atomic E-state index is 0.1000. The van der Waals surface area contributed by atoms with Gasteiger partial charge in [0, 0.05) is 0 Å². The second-order valence-corrected chi connectivity index (χ2v) is 23.7. The average Bonchev–Trinajstić information content (AvgIpc) is 1.79. The van der Waals surface area contributed by atoms with Crippen LogP contribution in [0.5, 0.6) is 0 Å². The molecule has 0 aromatic heterocycles. The Morgan fingerprint density at radius 1 is 0.571 bits per heavy atom. The Hall–Kier alpha value is 1.42. The first kappa shape index (κ1) is 15.4. The van der Waals surface area contributed by atoms with Crippen LogP contribution in [0.15, 0.2) is 0 Å². The summed E-state index contributed by atoms with van der Waals surface area (Å²) in [6.07, 6.45) is 0. The molecule has 0 aliphatic carbocycles. The van der Waals surface area contributed by atoms with Crippen LogP contribution in [-0.2, 0) is 79.6 Å². The van der Waals surface area contributed by atoms with Crippen molar-refractivity contribution >= 4 is 24.4 Å². The predicted octanol–water partition coefficient (Wildman–Crippen LogP) is -1.69. The average molecular weight is 827 g/mol. The molecule has 14 heteroatoms. The summed E-state index contributed by atoms with van der Waals surface area (Å²) < 4.78 is 80.9. The topological polar surface area (TPSA) is 147 Å². The van der Waals surface area contributed by atoms with Crippen LogP contribution in [0.4, 0.5) is 0 Å². The molecule has 0 radical (unpaired) electrons. The molecule has 0 spiro atoms. The van der Waals surface area contributed by atoms with Gasteiger partial charge in [-0.25, -0.2) is 0 Å². The van der Waals surface area contributed by atoms with Crippen LogP contribution in [0, 0.1) is 0 Å². The van der Waals surface area contributed by atoms with E-state index in [1.807, 2.05) is 0 Å². The Bertz CT molecular complexity index is 387. The molecule has 0 aromatic rings. The molecule has 1 aliphatic rings. The van der Waals surface area contributed by atoms with Crippen LogP contribution in [0.3, 0.4) is 0 Å². The van der Waals surface area contributed by atoms with Crippen LogP contribution in [0.2, 0.25) is 0 Å². The Balaban J connectivity index is 0.000000791. The summed E-state index contributed by atoms with van der Waals surface area (Å²) in [5.74, 6) is 0. The second-order valence-electron chi connectivity index (χ2n) is 1.43. The molecule has 0 N–H and O–H groups in total. The van der Waals surface area contributed by atoms with Gasteiger partial charge in [-0.05, 0) is 0 Å². The molecule has 0 aromatic carbocycles. The van der Waals surface area contributed by atoms with Gasteiger partial charge < -0.3 is 0 Å². The van der Waals surface area contributed by atoms with Gasteiger partial charge in [-0.1, -0.05) is 0 Å². The summed E-state index contributed by atoms with van der Waals surface area (Å²) in [6, 6.07) is 0. The maximum atomic E-state index is 10.4. The molecule has 0 bridgehead atoms. The Kier molecular flexibility index (Phi) is 5.69. The molecular weight excluding hydrogens is 826 g/mol. The minimum atomic E-state index is -6.26. The molecule has 0 amide bonds. The van der Waals surface area contributed by atoms with Gasteiger partial charge in [-0.3, -0.25) is 0 Å². The maximum absolute atomic E-state index is 10.4. The van der Waals surface area contributed by atoms with E-state index in [0.717, 1.165) is 0 Å². The van der Waals surface area contributed by atoms with Crippen LogP contribution >= 0.6 is 0 Å². The van der Waals surface area contributed by atoms with Crippen LogP contribution in [0.1, 0.15) is 0 Å². The SMILES string of the molecule is [O]=[InH].[O]=[W]1(=[O])[O][W](=[O])(=[O])[O][W](=[O])(=[O])[O]1. The van der Waals surface area contributed by atoms with Crippen molar-refractivity contribution < 1.29 is 79.6 Å². The molecule has 14 heavy (non-hydrogen) atoms. The van der Waals surface area contributed by atoms with Crippen molar-refractivity contribution in [2.75, 3.05) is 0 Å². The molecule has 0 saturated carbocycles. The fourth-order valence-electron chi connectivity index (χ4n) is 0.340. The summed E-state index contributed by atoms with van der Waals surface area (Å²) in [5.41, 5.74) is 0. The summed E-state index contributed by atoms with van der Waals surface area (Å²) in [4.78, 5) is 0. The number of hydrogen-bond donors (Lipinski definition) is 0. The molecule has 0 atom stereocenters. The second kappa shape index (κ2) is 5.16. The van der Waals surface area contributed by atoms with Crippen molar-refractivity contribution in [1.29, 1.82) is 0 Å². The predicted molar refractivity (Wildman–Crippen MR) is 15.2 cm³/mol. The van der Waals surface area contributed by atoms with Crippen molar-refractivity contribution in [3.05, 3.63) is 0 Å². The normalized spacial score (nSPS) is 26.8. The first-order valence-corrected chi connectivity index (χ1v) is 18.3. The van der Waals surface area contributed by atoms with E-state index < -0.39 is 50.2 Å². The van der Waals surface area contributed by atoms with Crippen LogP contribution < -0.4 is 0 Å². The summed E-state index contributed by atoms with van der Waals surface area (Å²) in [7, 11) is 0. The molecule has 1 fully saturated rings. The third-order valence-electron chi connectivity index (χ3n) is 0.500. The summed E-state index contributed by atoms with van der Waals surface area (Å²) in [5, 5.41) is 0. The molecule has 1 saturated heterocycles. The standard InChI is InChI=1S/In.10O.3W.H. The van der Waals surface area contributed by atoms with E-state index in [1.165, 1.54) is 0 Å². The number of rotatable bonds is 0. The van der Waals surface area contributed by atoms with Crippen molar-refractivity contribution in [2.45, 2.75) is 0 Å². The van der Waals surface area contributed by atoms with Crippen molar-refractivity contribution in [2.24, 2.45) is 0 Å². The van der Waals surface area contributed by atoms with Crippen LogP contribution in [0.25, 0.3) is 0 Å². The molecule has 10 nitrogen and oxygen atoms in total. The fourth-order valence-corrected chi connectivity index (χ4v) is 39.2. The van der Waals surface area contributed by atoms with E-state index in [-0.39, 0.29) is 24.4 Å². The van der Waals surface area contributed by atoms with Gasteiger partial charge in [0.2, 0.25) is 0 Å². The van der Waals surface area contributed by atoms with Crippen LogP contribution in [-0.4, -0.2) is 24.4 Å². The quantitative estimate of drug-likeness (QED) is 0.277. The third kappa shape index (κ3) is 5.49. The molecule has 1 aliphatic heterocycles. The zero-order valence-electron chi connectivity index (χ0n) is 6.01. The van der Waals surface area contributed by atoms with Gasteiger partial charge in [0.05, 0.1) is 0 Å². The van der Waals surface area contributed by atoms with E-state index in [9.17, 15) is 20.4 Å². The zero-order chi connectivity index (χ0) is 11.6. The monoisotopic (exact) mass is 828 g/mol. The Morgan fingerprint density at radius 2 is 0.714 bits per heavy atom. The van der Waals surface area contributed by atoms with E-state index in [1.54, 1.807) is 0 Å². The van der Waals surface area contributed by atoms with Gasteiger partial charge in [-0.15, -0.1) is 0 Å². The van der Waals surface area contributed by atoms with Gasteiger partial charge in [0.15, 0.2) is 0 Å². The van der Waals surface area contributed by atoms with Gasteiger partial charge in [0.1, 0.15) is 0 Å². The summed E-state index contributed by atoms with van der Waals surface area (Å²) in [6.45, 7) is 0. The Morgan fingerprint density at radius 3 is 0.857 bits per heavy atom. The number of hydrogen-bond acceptors (Lipinski definition) is 10. The van der Waals surface area contributed by atoms with E-state index >= 15 is 0 Å². The van der Waals surface area contributed by atoms with Gasteiger partial charge >= 0.3 is 104 Å². The molecular formula is HInO10W3. The van der Waals surface area contributed by atoms with E-state index in [4.69, 9.17) is 2.85 Å². The molecule has 1 rings (SSSR count). The first-order chi connectivity index (χ1) is 6.12. The van der Waals surface area contributed by atoms with Crippen molar-refractivity contribution in [3.8, 4) is 0 Å². The first-order valence-electron chi connectivity index (χ1n) is 2.29. The third-order valence-corrected chi connectivity index (χ3v) is 33.5. The van der Waals surface area contributed by atoms with Gasteiger partial charge in [-0.2, -0.15) is 0 Å². The Labute approximate surface area is 102 Å². The fraction of sp³-hybridized carbons (Fsp3) is 0. The van der Waals surface area contributed by atoms with Crippen molar-refractivity contribution in [3.63, 3.8) is 0 Å². The molecule has 1 heterocycles. The molecule has 82 valence electrons. The van der Waals surface area contributed by atoms with E-state index in [2.05, 4.69) is 6.13 Å². The summed E-state index contributed by atoms with van der Waals surface area (Å²) >= 11 is -18.9. The zero-order valence-corrected chi connectivity index (χ0v) is 18.9. The van der Waals surface area contributed by atoms with Gasteiger partial charge in [0.25, 0.3) is 0 Å².